The summed E-state index contributed by atoms with van der Waals surface area (Å²) in [5.41, 5.74) is 5.04. The zero-order valence-electron chi connectivity index (χ0n) is 13.3. The summed E-state index contributed by atoms with van der Waals surface area (Å²) in [6.07, 6.45) is 0. The Morgan fingerprint density at radius 1 is 0.920 bits per heavy atom. The molecule has 0 unspecified atom stereocenters. The lowest BCUT2D eigenvalue weighted by Crippen LogP contribution is -2.22. The Morgan fingerprint density at radius 3 is 2.56 bits per heavy atom. The van der Waals surface area contributed by atoms with Gasteiger partial charge in [0, 0.05) is 22.9 Å². The fourth-order valence-electron chi connectivity index (χ4n) is 3.25. The molecule has 1 aromatic heterocycles. The third kappa shape index (κ3) is 2.22. The minimum atomic E-state index is 0.0257. The summed E-state index contributed by atoms with van der Waals surface area (Å²) in [6.45, 7) is 0.584. The normalized spacial score (nSPS) is 13.4. The first-order valence-electron chi connectivity index (χ1n) is 8.15. The molecule has 4 nitrogen and oxygen atoms in total. The number of carbonyl (C=O) groups is 1. The van der Waals surface area contributed by atoms with Crippen molar-refractivity contribution in [3.8, 4) is 11.5 Å². The molecule has 0 aliphatic carbocycles. The van der Waals surface area contributed by atoms with Crippen LogP contribution in [-0.4, -0.2) is 10.9 Å². The maximum atomic E-state index is 12.6. The van der Waals surface area contributed by atoms with Gasteiger partial charge in [0.25, 0.3) is 5.91 Å². The van der Waals surface area contributed by atoms with Gasteiger partial charge in [0.1, 0.15) is 5.52 Å². The van der Waals surface area contributed by atoms with E-state index in [-0.39, 0.29) is 5.91 Å². The highest BCUT2D eigenvalue weighted by molar-refractivity contribution is 6.10. The van der Waals surface area contributed by atoms with Crippen LogP contribution in [0.15, 0.2) is 77.2 Å². The van der Waals surface area contributed by atoms with Crippen molar-refractivity contribution in [1.29, 1.82) is 0 Å². The lowest BCUT2D eigenvalue weighted by Gasteiger charge is -2.15. The van der Waals surface area contributed by atoms with Crippen LogP contribution < -0.4 is 4.90 Å². The van der Waals surface area contributed by atoms with Crippen LogP contribution in [0.25, 0.3) is 22.6 Å². The molecule has 0 fully saturated rings. The minimum Gasteiger partial charge on any atom is -0.436 e. The Bertz CT molecular complexity index is 1100. The van der Waals surface area contributed by atoms with Crippen molar-refractivity contribution in [3.63, 3.8) is 0 Å². The number of rotatable bonds is 2. The van der Waals surface area contributed by atoms with Crippen LogP contribution in [-0.2, 0) is 6.54 Å². The van der Waals surface area contributed by atoms with E-state index < -0.39 is 0 Å². The van der Waals surface area contributed by atoms with E-state index in [2.05, 4.69) is 4.98 Å². The van der Waals surface area contributed by atoms with E-state index in [0.29, 0.717) is 18.0 Å². The van der Waals surface area contributed by atoms with Crippen molar-refractivity contribution < 1.29 is 9.21 Å². The molecule has 0 radical (unpaired) electrons. The van der Waals surface area contributed by atoms with E-state index in [9.17, 15) is 4.79 Å². The predicted molar refractivity (Wildman–Crippen MR) is 96.4 cm³/mol. The second kappa shape index (κ2) is 5.31. The van der Waals surface area contributed by atoms with Crippen LogP contribution in [0.3, 0.4) is 0 Å². The van der Waals surface area contributed by atoms with E-state index in [1.165, 1.54) is 0 Å². The summed E-state index contributed by atoms with van der Waals surface area (Å²) in [4.78, 5) is 19.0. The number of amides is 1. The van der Waals surface area contributed by atoms with Crippen LogP contribution in [0.2, 0.25) is 0 Å². The summed E-state index contributed by atoms with van der Waals surface area (Å²) < 4.78 is 5.92. The van der Waals surface area contributed by atoms with Crippen molar-refractivity contribution >= 4 is 22.7 Å². The van der Waals surface area contributed by atoms with Crippen LogP contribution in [0.4, 0.5) is 5.69 Å². The molecular weight excluding hydrogens is 312 g/mol. The van der Waals surface area contributed by atoms with Gasteiger partial charge >= 0.3 is 0 Å². The maximum Gasteiger partial charge on any atom is 0.258 e. The van der Waals surface area contributed by atoms with Crippen LogP contribution in [0.1, 0.15) is 15.9 Å². The smallest absolute Gasteiger partial charge is 0.258 e. The van der Waals surface area contributed by atoms with Gasteiger partial charge in [-0.3, -0.25) is 4.79 Å². The fraction of sp³-hybridized carbons (Fsp3) is 0.0476. The van der Waals surface area contributed by atoms with Crippen molar-refractivity contribution in [2.75, 3.05) is 4.90 Å². The summed E-state index contributed by atoms with van der Waals surface area (Å²) in [5, 5.41) is 0. The topological polar surface area (TPSA) is 46.3 Å². The molecule has 1 aliphatic heterocycles. The maximum absolute atomic E-state index is 12.6. The Balaban J connectivity index is 1.55. The average molecular weight is 326 g/mol. The van der Waals surface area contributed by atoms with E-state index in [1.807, 2.05) is 72.8 Å². The number of oxazole rings is 1. The first kappa shape index (κ1) is 14.0. The summed E-state index contributed by atoms with van der Waals surface area (Å²) in [6, 6.07) is 23.2. The van der Waals surface area contributed by atoms with Crippen LogP contribution in [0.5, 0.6) is 0 Å². The van der Waals surface area contributed by atoms with Gasteiger partial charge in [-0.05, 0) is 35.9 Å². The number of fused-ring (bicyclic) bond motifs is 2. The molecule has 0 N–H and O–H groups in total. The van der Waals surface area contributed by atoms with Gasteiger partial charge in [-0.1, -0.05) is 36.4 Å². The van der Waals surface area contributed by atoms with Crippen molar-refractivity contribution in [1.82, 2.24) is 4.98 Å². The molecule has 0 saturated carbocycles. The number of nitrogens with zero attached hydrogens (tertiary/aromatic N) is 2. The summed E-state index contributed by atoms with van der Waals surface area (Å²) in [5.74, 6) is 0.613. The largest absolute Gasteiger partial charge is 0.436 e. The standard InChI is InChI=1S/C21H14N2O2/c24-21-17-9-5-4-8-15(17)13-23(21)16-10-11-18-19(12-16)25-20(22-18)14-6-2-1-3-7-14/h1-12H,13H2. The first-order chi connectivity index (χ1) is 12.3. The van der Waals surface area contributed by atoms with E-state index in [4.69, 9.17) is 4.42 Å². The number of aromatic nitrogens is 1. The zero-order valence-corrected chi connectivity index (χ0v) is 13.3. The van der Waals surface area contributed by atoms with Gasteiger partial charge < -0.3 is 9.32 Å². The van der Waals surface area contributed by atoms with Gasteiger partial charge in [0.2, 0.25) is 5.89 Å². The molecule has 1 aliphatic rings. The highest BCUT2D eigenvalue weighted by Gasteiger charge is 2.28. The fourth-order valence-corrected chi connectivity index (χ4v) is 3.25. The minimum absolute atomic E-state index is 0.0257. The van der Waals surface area contributed by atoms with Crippen LogP contribution in [0, 0.1) is 0 Å². The number of benzene rings is 3. The molecule has 120 valence electrons. The molecule has 4 aromatic rings. The molecule has 0 atom stereocenters. The molecule has 0 spiro atoms. The monoisotopic (exact) mass is 326 g/mol. The second-order valence-corrected chi connectivity index (χ2v) is 6.09. The second-order valence-electron chi connectivity index (χ2n) is 6.09. The Hall–Kier alpha value is -3.40. The number of anilines is 1. The summed E-state index contributed by atoms with van der Waals surface area (Å²) >= 11 is 0. The number of carbonyl (C=O) groups excluding carboxylic acids is 1. The van der Waals surface area contributed by atoms with Crippen molar-refractivity contribution in [2.24, 2.45) is 0 Å². The zero-order chi connectivity index (χ0) is 16.8. The van der Waals surface area contributed by atoms with E-state index >= 15 is 0 Å². The molecule has 3 aromatic carbocycles. The molecule has 2 heterocycles. The van der Waals surface area contributed by atoms with Crippen molar-refractivity contribution in [2.45, 2.75) is 6.54 Å². The number of hydrogen-bond donors (Lipinski definition) is 0. The quantitative estimate of drug-likeness (QED) is 0.538. The Kier molecular flexibility index (Phi) is 2.97. The average Bonchev–Trinajstić information content (AvgIpc) is 3.23. The third-order valence-electron chi connectivity index (χ3n) is 4.53. The Morgan fingerprint density at radius 2 is 1.72 bits per heavy atom. The van der Waals surface area contributed by atoms with E-state index in [0.717, 1.165) is 27.9 Å². The van der Waals surface area contributed by atoms with Crippen LogP contribution >= 0.6 is 0 Å². The lowest BCUT2D eigenvalue weighted by atomic mass is 10.1. The first-order valence-corrected chi connectivity index (χ1v) is 8.15. The van der Waals surface area contributed by atoms with Gasteiger partial charge in [-0.2, -0.15) is 0 Å². The SMILES string of the molecule is O=C1c2ccccc2CN1c1ccc2nc(-c3ccccc3)oc2c1. The van der Waals surface area contributed by atoms with Gasteiger partial charge in [-0.25, -0.2) is 4.98 Å². The van der Waals surface area contributed by atoms with Gasteiger partial charge in [-0.15, -0.1) is 0 Å². The highest BCUT2D eigenvalue weighted by Crippen LogP contribution is 2.32. The molecule has 1 amide bonds. The van der Waals surface area contributed by atoms with Gasteiger partial charge in [0.15, 0.2) is 5.58 Å². The molecule has 0 bridgehead atoms. The Labute approximate surface area is 144 Å². The third-order valence-corrected chi connectivity index (χ3v) is 4.53. The molecule has 0 saturated heterocycles. The molecule has 5 rings (SSSR count). The molecule has 25 heavy (non-hydrogen) atoms. The molecule has 4 heteroatoms. The van der Waals surface area contributed by atoms with E-state index in [1.54, 1.807) is 4.90 Å². The highest BCUT2D eigenvalue weighted by atomic mass is 16.3. The van der Waals surface area contributed by atoms with Crippen molar-refractivity contribution in [3.05, 3.63) is 83.9 Å². The summed E-state index contributed by atoms with van der Waals surface area (Å²) in [7, 11) is 0. The lowest BCUT2D eigenvalue weighted by molar-refractivity contribution is 0.0996. The molecular formula is C21H14N2O2. The van der Waals surface area contributed by atoms with Gasteiger partial charge in [0.05, 0.1) is 6.54 Å². The predicted octanol–water partition coefficient (Wildman–Crippen LogP) is 4.66. The number of hydrogen-bond acceptors (Lipinski definition) is 3.